The Kier molecular flexibility index (Phi) is 1.94. The highest BCUT2D eigenvalue weighted by atomic mass is 19.1. The van der Waals surface area contributed by atoms with Crippen molar-refractivity contribution in [2.75, 3.05) is 0 Å². The van der Waals surface area contributed by atoms with Crippen molar-refractivity contribution in [3.63, 3.8) is 0 Å². The second-order valence-corrected chi connectivity index (χ2v) is 1.62. The van der Waals surface area contributed by atoms with Crippen molar-refractivity contribution in [1.29, 1.82) is 0 Å². The van der Waals surface area contributed by atoms with Crippen LogP contribution in [-0.4, -0.2) is 16.4 Å². The molecule has 1 rings (SSSR count). The lowest BCUT2D eigenvalue weighted by Gasteiger charge is -1.89. The summed E-state index contributed by atoms with van der Waals surface area (Å²) >= 11 is 0. The van der Waals surface area contributed by atoms with Gasteiger partial charge in [0.25, 0.3) is 0 Å². The van der Waals surface area contributed by atoms with E-state index in [1.165, 1.54) is 18.3 Å². The number of aromatic nitrogens is 1. The van der Waals surface area contributed by atoms with Crippen LogP contribution in [0.15, 0.2) is 23.5 Å². The molecule has 0 aliphatic carbocycles. The topological polar surface area (TPSA) is 45.5 Å². The quantitative estimate of drug-likeness (QED) is 0.359. The lowest BCUT2D eigenvalue weighted by molar-refractivity contribution is 0.321. The number of pyridine rings is 1. The first kappa shape index (κ1) is 6.67. The largest absolute Gasteiger partial charge is 0.411 e. The number of hydrogen-bond donors (Lipinski definition) is 1. The fourth-order valence-corrected chi connectivity index (χ4v) is 0.548. The molecule has 0 unspecified atom stereocenters. The number of hydrogen-bond acceptors (Lipinski definition) is 3. The van der Waals surface area contributed by atoms with Gasteiger partial charge in [-0.1, -0.05) is 5.16 Å². The second kappa shape index (κ2) is 2.91. The van der Waals surface area contributed by atoms with Gasteiger partial charge in [0, 0.05) is 6.20 Å². The summed E-state index contributed by atoms with van der Waals surface area (Å²) in [5.41, 5.74) is 0.0324. The van der Waals surface area contributed by atoms with Crippen LogP contribution in [0.3, 0.4) is 0 Å². The molecule has 0 aliphatic heterocycles. The van der Waals surface area contributed by atoms with E-state index in [0.717, 1.165) is 6.21 Å². The summed E-state index contributed by atoms with van der Waals surface area (Å²) in [7, 11) is 0. The molecule has 1 aromatic rings. The third kappa shape index (κ3) is 1.28. The van der Waals surface area contributed by atoms with E-state index in [0.29, 0.717) is 0 Å². The average Bonchev–Trinajstić information content (AvgIpc) is 1.94. The average molecular weight is 140 g/mol. The van der Waals surface area contributed by atoms with E-state index in [-0.39, 0.29) is 5.69 Å². The Morgan fingerprint density at radius 3 is 3.10 bits per heavy atom. The number of nitrogens with zero attached hydrogens (tertiary/aromatic N) is 2. The normalized spacial score (nSPS) is 10.5. The fourth-order valence-electron chi connectivity index (χ4n) is 0.548. The van der Waals surface area contributed by atoms with Gasteiger partial charge in [-0.25, -0.2) is 4.39 Å². The lowest BCUT2D eigenvalue weighted by atomic mass is 10.3. The molecule has 1 aromatic heterocycles. The van der Waals surface area contributed by atoms with Gasteiger partial charge in [-0.05, 0) is 12.1 Å². The maximum atomic E-state index is 12.5. The van der Waals surface area contributed by atoms with Crippen LogP contribution in [0.2, 0.25) is 0 Å². The molecule has 0 aliphatic rings. The van der Waals surface area contributed by atoms with Gasteiger partial charge in [0.1, 0.15) is 5.69 Å². The standard InChI is InChI=1S/C6H5FN2O/c7-5-2-1-3-8-6(5)4-9-10/h1-4,10H/b9-4+. The van der Waals surface area contributed by atoms with Crippen LogP contribution >= 0.6 is 0 Å². The van der Waals surface area contributed by atoms with Crippen molar-refractivity contribution in [1.82, 2.24) is 4.98 Å². The molecule has 0 amide bonds. The van der Waals surface area contributed by atoms with Gasteiger partial charge in [0.05, 0.1) is 6.21 Å². The molecule has 0 fully saturated rings. The number of oxime groups is 1. The maximum Gasteiger partial charge on any atom is 0.150 e. The molecule has 1 N–H and O–H groups in total. The van der Waals surface area contributed by atoms with Crippen LogP contribution < -0.4 is 0 Å². The fraction of sp³-hybridized carbons (Fsp3) is 0. The van der Waals surface area contributed by atoms with E-state index in [1.807, 2.05) is 0 Å². The summed E-state index contributed by atoms with van der Waals surface area (Å²) in [5.74, 6) is -0.500. The molecule has 3 nitrogen and oxygen atoms in total. The van der Waals surface area contributed by atoms with E-state index in [2.05, 4.69) is 10.1 Å². The van der Waals surface area contributed by atoms with Gasteiger partial charge in [0.2, 0.25) is 0 Å². The Morgan fingerprint density at radius 2 is 2.50 bits per heavy atom. The Bertz CT molecular complexity index is 249. The van der Waals surface area contributed by atoms with Gasteiger partial charge >= 0.3 is 0 Å². The Hall–Kier alpha value is -1.45. The van der Waals surface area contributed by atoms with E-state index >= 15 is 0 Å². The SMILES string of the molecule is O/N=C/c1ncccc1F. The van der Waals surface area contributed by atoms with Crippen LogP contribution in [0.4, 0.5) is 4.39 Å². The summed E-state index contributed by atoms with van der Waals surface area (Å²) < 4.78 is 12.5. The second-order valence-electron chi connectivity index (χ2n) is 1.62. The molecule has 1 heterocycles. The first-order valence-corrected chi connectivity index (χ1v) is 2.62. The van der Waals surface area contributed by atoms with Crippen molar-refractivity contribution >= 4 is 6.21 Å². The zero-order valence-electron chi connectivity index (χ0n) is 5.03. The molecular weight excluding hydrogens is 135 g/mol. The van der Waals surface area contributed by atoms with E-state index < -0.39 is 5.82 Å². The molecule has 0 radical (unpaired) electrons. The first-order chi connectivity index (χ1) is 4.84. The predicted molar refractivity (Wildman–Crippen MR) is 33.6 cm³/mol. The van der Waals surface area contributed by atoms with Gasteiger partial charge in [-0.2, -0.15) is 0 Å². The van der Waals surface area contributed by atoms with E-state index in [9.17, 15) is 4.39 Å². The smallest absolute Gasteiger partial charge is 0.150 e. The summed E-state index contributed by atoms with van der Waals surface area (Å²) in [4.78, 5) is 3.58. The van der Waals surface area contributed by atoms with Crippen LogP contribution in [0.5, 0.6) is 0 Å². The zero-order chi connectivity index (χ0) is 7.40. The number of halogens is 1. The monoisotopic (exact) mass is 140 g/mol. The number of rotatable bonds is 1. The molecular formula is C6H5FN2O. The molecule has 0 atom stereocenters. The minimum Gasteiger partial charge on any atom is -0.411 e. The van der Waals surface area contributed by atoms with Crippen LogP contribution in [0.1, 0.15) is 5.69 Å². The summed E-state index contributed by atoms with van der Waals surface area (Å²) in [5, 5.41) is 10.6. The molecule has 4 heteroatoms. The summed E-state index contributed by atoms with van der Waals surface area (Å²) in [6.45, 7) is 0. The molecule has 10 heavy (non-hydrogen) atoms. The summed E-state index contributed by atoms with van der Waals surface area (Å²) in [6.07, 6.45) is 2.36. The Morgan fingerprint density at radius 1 is 1.70 bits per heavy atom. The molecule has 0 bridgehead atoms. The third-order valence-corrected chi connectivity index (χ3v) is 0.967. The molecule has 0 aromatic carbocycles. The molecule has 0 saturated carbocycles. The minimum atomic E-state index is -0.500. The highest BCUT2D eigenvalue weighted by molar-refractivity contribution is 5.76. The van der Waals surface area contributed by atoms with Gasteiger partial charge in [0.15, 0.2) is 5.82 Å². The highest BCUT2D eigenvalue weighted by Crippen LogP contribution is 1.97. The van der Waals surface area contributed by atoms with Crippen molar-refractivity contribution < 1.29 is 9.60 Å². The third-order valence-electron chi connectivity index (χ3n) is 0.967. The molecule has 0 spiro atoms. The van der Waals surface area contributed by atoms with Crippen molar-refractivity contribution in [2.45, 2.75) is 0 Å². The lowest BCUT2D eigenvalue weighted by Crippen LogP contribution is -1.90. The van der Waals surface area contributed by atoms with Gasteiger partial charge in [-0.15, -0.1) is 0 Å². The van der Waals surface area contributed by atoms with Crippen LogP contribution in [0, 0.1) is 5.82 Å². The summed E-state index contributed by atoms with van der Waals surface area (Å²) in [6, 6.07) is 2.70. The zero-order valence-corrected chi connectivity index (χ0v) is 5.03. The van der Waals surface area contributed by atoms with Crippen molar-refractivity contribution in [3.05, 3.63) is 29.8 Å². The highest BCUT2D eigenvalue weighted by Gasteiger charge is 1.96. The molecule has 0 saturated heterocycles. The van der Waals surface area contributed by atoms with E-state index in [4.69, 9.17) is 5.21 Å². The first-order valence-electron chi connectivity index (χ1n) is 2.62. The van der Waals surface area contributed by atoms with Gasteiger partial charge in [-0.3, -0.25) is 4.98 Å². The van der Waals surface area contributed by atoms with Crippen LogP contribution in [-0.2, 0) is 0 Å². The predicted octanol–water partition coefficient (Wildman–Crippen LogP) is 1.03. The van der Waals surface area contributed by atoms with Crippen molar-refractivity contribution in [3.8, 4) is 0 Å². The Labute approximate surface area is 56.8 Å². The molecule has 52 valence electrons. The Balaban J connectivity index is 3.03. The maximum absolute atomic E-state index is 12.5. The van der Waals surface area contributed by atoms with Crippen LogP contribution in [0.25, 0.3) is 0 Å². The van der Waals surface area contributed by atoms with E-state index in [1.54, 1.807) is 0 Å². The minimum absolute atomic E-state index is 0.0324. The van der Waals surface area contributed by atoms with Gasteiger partial charge < -0.3 is 5.21 Å². The van der Waals surface area contributed by atoms with Crippen molar-refractivity contribution in [2.24, 2.45) is 5.16 Å².